The van der Waals surface area contributed by atoms with E-state index in [0.717, 1.165) is 12.8 Å². The molecule has 1 fully saturated rings. The second kappa shape index (κ2) is 11.6. The molecule has 3 rings (SSSR count). The Kier molecular flexibility index (Phi) is 9.00. The molecule has 0 aliphatic heterocycles. The highest BCUT2D eigenvalue weighted by Crippen LogP contribution is 2.41. The van der Waals surface area contributed by atoms with Gasteiger partial charge in [-0.2, -0.15) is 8.78 Å². The lowest BCUT2D eigenvalue weighted by molar-refractivity contribution is -0.140. The zero-order valence-corrected chi connectivity index (χ0v) is 19.9. The first-order chi connectivity index (χ1) is 17.0. The first kappa shape index (κ1) is 27.9. The third-order valence-electron chi connectivity index (χ3n) is 6.69. The fraction of sp³-hybridized carbons (Fsp3) is 0.500. The molecule has 2 aromatic carbocycles. The Labute approximate surface area is 203 Å². The molecule has 198 valence electrons. The van der Waals surface area contributed by atoms with E-state index in [9.17, 15) is 39.9 Å². The van der Waals surface area contributed by atoms with Crippen molar-refractivity contribution < 1.29 is 44.7 Å². The second-order valence-electron chi connectivity index (χ2n) is 9.10. The Morgan fingerprint density at radius 1 is 0.694 bits per heavy atom. The van der Waals surface area contributed by atoms with E-state index in [0.29, 0.717) is 38.0 Å². The van der Waals surface area contributed by atoms with Gasteiger partial charge in [0.25, 0.3) is 0 Å². The number of rotatable bonds is 8. The molecular weight excluding hydrogens is 496 g/mol. The molecule has 0 heterocycles. The Morgan fingerprint density at radius 3 is 1.61 bits per heavy atom. The molecule has 1 aliphatic rings. The molecule has 36 heavy (non-hydrogen) atoms. The Morgan fingerprint density at radius 2 is 1.17 bits per heavy atom. The summed E-state index contributed by atoms with van der Waals surface area (Å²) in [7, 11) is 0. The molecule has 0 saturated heterocycles. The van der Waals surface area contributed by atoms with Gasteiger partial charge in [0.1, 0.15) is 0 Å². The summed E-state index contributed by atoms with van der Waals surface area (Å²) in [6.45, 7) is 3.67. The number of ether oxygens (including phenoxy) is 1. The average molecular weight is 522 g/mol. The van der Waals surface area contributed by atoms with Gasteiger partial charge < -0.3 is 4.74 Å². The van der Waals surface area contributed by atoms with Crippen LogP contribution in [0.4, 0.5) is 35.1 Å². The zero-order chi connectivity index (χ0) is 26.7. The highest BCUT2D eigenvalue weighted by molar-refractivity contribution is 5.76. The summed E-state index contributed by atoms with van der Waals surface area (Å²) in [5.74, 6) is -20.7. The molecule has 2 nitrogen and oxygen atoms in total. The summed E-state index contributed by atoms with van der Waals surface area (Å²) in [6.07, 6.45) is 4.13. The van der Waals surface area contributed by atoms with Crippen LogP contribution in [0.25, 0.3) is 11.1 Å². The molecule has 0 radical (unpaired) electrons. The number of halogens is 8. The normalized spacial score (nSPS) is 17.9. The molecule has 0 unspecified atom stereocenters. The summed E-state index contributed by atoms with van der Waals surface area (Å²) in [5, 5.41) is 0. The van der Waals surface area contributed by atoms with Crippen LogP contribution in [0.2, 0.25) is 0 Å². The molecule has 10 heteroatoms. The Bertz CT molecular complexity index is 1080. The van der Waals surface area contributed by atoms with E-state index < -0.39 is 87.3 Å². The first-order valence-corrected chi connectivity index (χ1v) is 12.0. The van der Waals surface area contributed by atoms with Crippen LogP contribution in [0.1, 0.15) is 70.8 Å². The van der Waals surface area contributed by atoms with Gasteiger partial charge in [0.2, 0.25) is 17.4 Å². The molecule has 0 atom stereocenters. The van der Waals surface area contributed by atoms with Gasteiger partial charge in [0.15, 0.2) is 34.9 Å². The highest BCUT2D eigenvalue weighted by atomic mass is 19.2. The topological polar surface area (TPSA) is 26.3 Å². The fourth-order valence-corrected chi connectivity index (χ4v) is 4.67. The van der Waals surface area contributed by atoms with E-state index in [4.69, 9.17) is 0 Å². The standard InChI is InChI=1S/C26H26F8O2/c1-3-5-7-14-17(27)19(29)15(20(30)18(14)28)16-21(31)23(33)25(24(34)22(16)32)36-26(35)13-10-8-12(6-4-2)9-11-13/h12-13H,3-11H2,1-2H3/t12-,13-. The molecule has 1 aliphatic carbocycles. The minimum atomic E-state index is -2.36. The highest BCUT2D eigenvalue weighted by Gasteiger charge is 2.36. The summed E-state index contributed by atoms with van der Waals surface area (Å²) in [5.41, 5.74) is -4.92. The lowest BCUT2D eigenvalue weighted by Gasteiger charge is -2.27. The van der Waals surface area contributed by atoms with Crippen LogP contribution in [-0.2, 0) is 11.2 Å². The number of hydrogen-bond donors (Lipinski definition) is 0. The molecule has 2 aromatic rings. The summed E-state index contributed by atoms with van der Waals surface area (Å²) in [6, 6.07) is 0. The number of carbonyl (C=O) groups excluding carboxylic acids is 1. The largest absolute Gasteiger partial charge is 0.420 e. The smallest absolute Gasteiger partial charge is 0.314 e. The van der Waals surface area contributed by atoms with Crippen molar-refractivity contribution in [3.8, 4) is 16.9 Å². The van der Waals surface area contributed by atoms with E-state index in [-0.39, 0.29) is 6.42 Å². The molecule has 0 amide bonds. The minimum absolute atomic E-state index is 0.151. The molecule has 0 aromatic heterocycles. The van der Waals surface area contributed by atoms with Gasteiger partial charge in [-0.15, -0.1) is 0 Å². The fourth-order valence-electron chi connectivity index (χ4n) is 4.67. The maximum absolute atomic E-state index is 14.8. The van der Waals surface area contributed by atoms with E-state index in [1.54, 1.807) is 6.92 Å². The number of unbranched alkanes of at least 4 members (excludes halogenated alkanes) is 1. The van der Waals surface area contributed by atoms with Gasteiger partial charge in [-0.3, -0.25) is 4.79 Å². The number of carbonyl (C=O) groups is 1. The zero-order valence-electron chi connectivity index (χ0n) is 19.9. The van der Waals surface area contributed by atoms with Crippen molar-refractivity contribution in [1.82, 2.24) is 0 Å². The predicted molar refractivity (Wildman–Crippen MR) is 116 cm³/mol. The first-order valence-electron chi connectivity index (χ1n) is 12.0. The summed E-state index contributed by atoms with van der Waals surface area (Å²) >= 11 is 0. The summed E-state index contributed by atoms with van der Waals surface area (Å²) < 4.78 is 122. The molecule has 0 bridgehead atoms. The van der Waals surface area contributed by atoms with Crippen LogP contribution in [-0.4, -0.2) is 5.97 Å². The van der Waals surface area contributed by atoms with Crippen LogP contribution in [0.3, 0.4) is 0 Å². The van der Waals surface area contributed by atoms with Gasteiger partial charge in [0.05, 0.1) is 17.0 Å². The van der Waals surface area contributed by atoms with Gasteiger partial charge in [-0.05, 0) is 44.4 Å². The van der Waals surface area contributed by atoms with Gasteiger partial charge >= 0.3 is 5.97 Å². The van der Waals surface area contributed by atoms with Crippen LogP contribution in [0, 0.1) is 58.4 Å². The van der Waals surface area contributed by atoms with E-state index in [2.05, 4.69) is 4.74 Å². The number of esters is 1. The van der Waals surface area contributed by atoms with Crippen molar-refractivity contribution in [2.45, 2.75) is 71.6 Å². The van der Waals surface area contributed by atoms with Gasteiger partial charge in [0, 0.05) is 5.56 Å². The van der Waals surface area contributed by atoms with E-state index in [1.807, 2.05) is 6.92 Å². The van der Waals surface area contributed by atoms with Crippen LogP contribution < -0.4 is 4.74 Å². The predicted octanol–water partition coefficient (Wildman–Crippen LogP) is 8.32. The van der Waals surface area contributed by atoms with Crippen molar-refractivity contribution in [2.75, 3.05) is 0 Å². The molecule has 0 N–H and O–H groups in total. The lowest BCUT2D eigenvalue weighted by Crippen LogP contribution is -2.26. The van der Waals surface area contributed by atoms with Gasteiger partial charge in [-0.1, -0.05) is 33.1 Å². The Hall–Kier alpha value is -2.65. The van der Waals surface area contributed by atoms with Crippen molar-refractivity contribution in [3.05, 3.63) is 52.1 Å². The third-order valence-corrected chi connectivity index (χ3v) is 6.69. The maximum Gasteiger partial charge on any atom is 0.314 e. The third kappa shape index (κ3) is 5.22. The summed E-state index contributed by atoms with van der Waals surface area (Å²) in [4.78, 5) is 12.4. The van der Waals surface area contributed by atoms with Crippen molar-refractivity contribution in [1.29, 1.82) is 0 Å². The van der Waals surface area contributed by atoms with Crippen LogP contribution >= 0.6 is 0 Å². The molecule has 1 saturated carbocycles. The minimum Gasteiger partial charge on any atom is -0.420 e. The van der Waals surface area contributed by atoms with Crippen molar-refractivity contribution >= 4 is 5.97 Å². The Balaban J connectivity index is 1.99. The van der Waals surface area contributed by atoms with E-state index >= 15 is 0 Å². The monoisotopic (exact) mass is 522 g/mol. The number of hydrogen-bond acceptors (Lipinski definition) is 2. The van der Waals surface area contributed by atoms with Crippen LogP contribution in [0.5, 0.6) is 5.75 Å². The lowest BCUT2D eigenvalue weighted by atomic mass is 9.80. The quantitative estimate of drug-likeness (QED) is 0.151. The molecule has 0 spiro atoms. The van der Waals surface area contributed by atoms with Crippen molar-refractivity contribution in [3.63, 3.8) is 0 Å². The van der Waals surface area contributed by atoms with Gasteiger partial charge in [-0.25, -0.2) is 26.3 Å². The number of benzene rings is 2. The van der Waals surface area contributed by atoms with E-state index in [1.165, 1.54) is 0 Å². The maximum atomic E-state index is 14.8. The SMILES string of the molecule is CCCCc1c(F)c(F)c(-c2c(F)c(F)c(OC(=O)[C@H]3CC[C@H](CCC)CC3)c(F)c2F)c(F)c1F. The second-order valence-corrected chi connectivity index (χ2v) is 9.10. The molecular formula is C26H26F8O2. The van der Waals surface area contributed by atoms with Crippen LogP contribution in [0.15, 0.2) is 0 Å². The van der Waals surface area contributed by atoms with Crippen molar-refractivity contribution in [2.24, 2.45) is 11.8 Å². The average Bonchev–Trinajstić information content (AvgIpc) is 2.86.